The molecule has 14 heavy (non-hydrogen) atoms. The number of methoxy groups -OCH3 is 1. The Labute approximate surface area is 89.9 Å². The number of ether oxygens (including phenoxy) is 1. The molecule has 84 valence electrons. The van der Waals surface area contributed by atoms with Crippen molar-refractivity contribution >= 4 is 17.7 Å². The number of carbonyl (C=O) groups excluding carboxylic acids is 1. The van der Waals surface area contributed by atoms with Crippen LogP contribution < -0.4 is 11.1 Å². The minimum Gasteiger partial charge on any atom is -0.383 e. The quantitative estimate of drug-likeness (QED) is 0.574. The summed E-state index contributed by atoms with van der Waals surface area (Å²) in [5.74, 6) is 1.38. The average molecular weight is 220 g/mol. The summed E-state index contributed by atoms with van der Waals surface area (Å²) in [5.41, 5.74) is 5.71. The highest BCUT2D eigenvalue weighted by molar-refractivity contribution is 7.99. The molecule has 1 amide bonds. The van der Waals surface area contributed by atoms with Gasteiger partial charge in [-0.05, 0) is 6.42 Å². The van der Waals surface area contributed by atoms with Crippen LogP contribution in [-0.4, -0.2) is 43.7 Å². The average Bonchev–Trinajstić information content (AvgIpc) is 2.18. The van der Waals surface area contributed by atoms with Crippen LogP contribution in [-0.2, 0) is 9.53 Å². The minimum absolute atomic E-state index is 0.0513. The van der Waals surface area contributed by atoms with Gasteiger partial charge in [-0.3, -0.25) is 4.79 Å². The first-order chi connectivity index (χ1) is 6.70. The number of nitrogens with one attached hydrogen (secondary N) is 1. The number of hydrogen-bond donors (Lipinski definition) is 2. The van der Waals surface area contributed by atoms with Gasteiger partial charge in [0.25, 0.3) is 0 Å². The largest absolute Gasteiger partial charge is 0.383 e. The van der Waals surface area contributed by atoms with Crippen LogP contribution in [0, 0.1) is 0 Å². The third kappa shape index (κ3) is 8.34. The molecule has 4 nitrogen and oxygen atoms in total. The first kappa shape index (κ1) is 13.7. The van der Waals surface area contributed by atoms with E-state index < -0.39 is 0 Å². The highest BCUT2D eigenvalue weighted by atomic mass is 32.2. The van der Waals surface area contributed by atoms with Crippen molar-refractivity contribution in [3.63, 3.8) is 0 Å². The lowest BCUT2D eigenvalue weighted by Crippen LogP contribution is -2.29. The Hall–Kier alpha value is -0.260. The van der Waals surface area contributed by atoms with Gasteiger partial charge in [-0.2, -0.15) is 11.8 Å². The molecule has 1 unspecified atom stereocenters. The fraction of sp³-hybridized carbons (Fsp3) is 0.889. The van der Waals surface area contributed by atoms with Crippen molar-refractivity contribution in [3.8, 4) is 0 Å². The Morgan fingerprint density at radius 2 is 2.36 bits per heavy atom. The molecule has 3 N–H and O–H groups in total. The van der Waals surface area contributed by atoms with E-state index in [1.165, 1.54) is 0 Å². The molecule has 0 aliphatic rings. The Bertz CT molecular complexity index is 156. The molecule has 0 spiro atoms. The van der Waals surface area contributed by atoms with Gasteiger partial charge in [0.2, 0.25) is 5.91 Å². The molecule has 0 fully saturated rings. The van der Waals surface area contributed by atoms with Gasteiger partial charge in [0.15, 0.2) is 0 Å². The number of hydrogen-bond acceptors (Lipinski definition) is 4. The summed E-state index contributed by atoms with van der Waals surface area (Å²) in [6.45, 7) is 3.19. The van der Waals surface area contributed by atoms with Crippen molar-refractivity contribution in [3.05, 3.63) is 0 Å². The summed E-state index contributed by atoms with van der Waals surface area (Å²) in [7, 11) is 1.61. The lowest BCUT2D eigenvalue weighted by atomic mass is 10.3. The van der Waals surface area contributed by atoms with Gasteiger partial charge in [0.1, 0.15) is 0 Å². The summed E-state index contributed by atoms with van der Waals surface area (Å²) in [5, 5.41) is 2.75. The standard InChI is InChI=1S/C9H20N2O2S/c1-3-8(10)6-14-7-9(12)11-4-5-13-2/h8H,3-7,10H2,1-2H3,(H,11,12). The summed E-state index contributed by atoms with van der Waals surface area (Å²) < 4.78 is 4.81. The number of amides is 1. The molecule has 1 atom stereocenters. The van der Waals surface area contributed by atoms with Crippen molar-refractivity contribution in [1.29, 1.82) is 0 Å². The lowest BCUT2D eigenvalue weighted by molar-refractivity contribution is -0.118. The fourth-order valence-electron chi connectivity index (χ4n) is 0.764. The molecule has 0 heterocycles. The molecule has 0 aromatic heterocycles. The summed E-state index contributed by atoms with van der Waals surface area (Å²) >= 11 is 1.57. The third-order valence-electron chi connectivity index (χ3n) is 1.72. The Morgan fingerprint density at radius 1 is 1.64 bits per heavy atom. The maximum atomic E-state index is 11.2. The number of carbonyl (C=O) groups is 1. The van der Waals surface area contributed by atoms with Gasteiger partial charge < -0.3 is 15.8 Å². The van der Waals surface area contributed by atoms with Gasteiger partial charge in [0.05, 0.1) is 12.4 Å². The lowest BCUT2D eigenvalue weighted by Gasteiger charge is -2.08. The minimum atomic E-state index is 0.0513. The molecule has 0 aliphatic heterocycles. The molecule has 0 aromatic carbocycles. The van der Waals surface area contributed by atoms with E-state index in [9.17, 15) is 4.79 Å². The van der Waals surface area contributed by atoms with Crippen LogP contribution >= 0.6 is 11.8 Å². The summed E-state index contributed by atoms with van der Waals surface area (Å²) in [6, 6.07) is 0.201. The molecular formula is C9H20N2O2S. The Morgan fingerprint density at radius 3 is 2.93 bits per heavy atom. The maximum absolute atomic E-state index is 11.2. The maximum Gasteiger partial charge on any atom is 0.230 e. The fourth-order valence-corrected chi connectivity index (χ4v) is 1.71. The predicted octanol–water partition coefficient (Wildman–Crippen LogP) is 0.220. The molecule has 0 aliphatic carbocycles. The molecular weight excluding hydrogens is 200 g/mol. The van der Waals surface area contributed by atoms with Gasteiger partial charge in [-0.15, -0.1) is 0 Å². The molecule has 0 radical (unpaired) electrons. The van der Waals surface area contributed by atoms with Gasteiger partial charge in [0, 0.05) is 25.4 Å². The van der Waals surface area contributed by atoms with Gasteiger partial charge >= 0.3 is 0 Å². The van der Waals surface area contributed by atoms with Crippen molar-refractivity contribution in [2.45, 2.75) is 19.4 Å². The highest BCUT2D eigenvalue weighted by Gasteiger charge is 2.03. The van der Waals surface area contributed by atoms with Crippen LogP contribution in [0.5, 0.6) is 0 Å². The Kier molecular flexibility index (Phi) is 9.13. The zero-order valence-electron chi connectivity index (χ0n) is 8.91. The van der Waals surface area contributed by atoms with Crippen LogP contribution in [0.1, 0.15) is 13.3 Å². The van der Waals surface area contributed by atoms with Gasteiger partial charge in [-0.1, -0.05) is 6.92 Å². The molecule has 0 aromatic rings. The zero-order valence-corrected chi connectivity index (χ0v) is 9.73. The second-order valence-corrected chi connectivity index (χ2v) is 4.06. The second kappa shape index (κ2) is 9.30. The van der Waals surface area contributed by atoms with Crippen LogP contribution in [0.3, 0.4) is 0 Å². The normalized spacial score (nSPS) is 12.5. The van der Waals surface area contributed by atoms with E-state index >= 15 is 0 Å². The van der Waals surface area contributed by atoms with E-state index in [4.69, 9.17) is 10.5 Å². The van der Waals surface area contributed by atoms with Crippen LogP contribution in [0.15, 0.2) is 0 Å². The SMILES string of the molecule is CCC(N)CSCC(=O)NCCOC. The van der Waals surface area contributed by atoms with Crippen molar-refractivity contribution in [1.82, 2.24) is 5.32 Å². The molecule has 0 rings (SSSR count). The van der Waals surface area contributed by atoms with E-state index in [1.54, 1.807) is 18.9 Å². The van der Waals surface area contributed by atoms with Crippen LogP contribution in [0.4, 0.5) is 0 Å². The molecule has 0 bridgehead atoms. The van der Waals surface area contributed by atoms with E-state index in [0.29, 0.717) is 18.9 Å². The second-order valence-electron chi connectivity index (χ2n) is 3.03. The topological polar surface area (TPSA) is 64.4 Å². The van der Waals surface area contributed by atoms with Crippen LogP contribution in [0.25, 0.3) is 0 Å². The van der Waals surface area contributed by atoms with E-state index in [1.807, 2.05) is 6.92 Å². The van der Waals surface area contributed by atoms with E-state index in [-0.39, 0.29) is 11.9 Å². The predicted molar refractivity (Wildman–Crippen MR) is 60.5 cm³/mol. The number of thioether (sulfide) groups is 1. The number of nitrogens with two attached hydrogens (primary N) is 1. The first-order valence-electron chi connectivity index (χ1n) is 4.79. The van der Waals surface area contributed by atoms with E-state index in [2.05, 4.69) is 5.32 Å². The first-order valence-corrected chi connectivity index (χ1v) is 5.95. The third-order valence-corrected chi connectivity index (χ3v) is 2.85. The smallest absolute Gasteiger partial charge is 0.230 e. The number of rotatable bonds is 8. The van der Waals surface area contributed by atoms with E-state index in [0.717, 1.165) is 12.2 Å². The van der Waals surface area contributed by atoms with Crippen molar-refractivity contribution in [2.24, 2.45) is 5.73 Å². The van der Waals surface area contributed by atoms with Crippen LogP contribution in [0.2, 0.25) is 0 Å². The van der Waals surface area contributed by atoms with Crippen molar-refractivity contribution < 1.29 is 9.53 Å². The van der Waals surface area contributed by atoms with Crippen molar-refractivity contribution in [2.75, 3.05) is 31.8 Å². The summed E-state index contributed by atoms with van der Waals surface area (Å²) in [6.07, 6.45) is 0.957. The molecule has 0 saturated carbocycles. The van der Waals surface area contributed by atoms with Gasteiger partial charge in [-0.25, -0.2) is 0 Å². The highest BCUT2D eigenvalue weighted by Crippen LogP contribution is 2.02. The molecule has 0 saturated heterocycles. The monoisotopic (exact) mass is 220 g/mol. The molecule has 5 heteroatoms. The Balaban J connectivity index is 3.26. The summed E-state index contributed by atoms with van der Waals surface area (Å²) in [4.78, 5) is 11.2. The zero-order chi connectivity index (χ0) is 10.8.